The average Bonchev–Trinajstić information content (AvgIpc) is 2.33. The van der Waals surface area contributed by atoms with Crippen LogP contribution in [-0.2, 0) is 5.41 Å². The van der Waals surface area contributed by atoms with Crippen LogP contribution >= 0.6 is 0 Å². The molecule has 0 aliphatic heterocycles. The summed E-state index contributed by atoms with van der Waals surface area (Å²) in [6, 6.07) is 3.26. The zero-order valence-electron chi connectivity index (χ0n) is 13.2. The molecule has 0 unspecified atom stereocenters. The Hall–Kier alpha value is -1.58. The van der Waals surface area contributed by atoms with E-state index in [1.165, 1.54) is 0 Å². The molecule has 0 spiro atoms. The molecule has 1 rings (SSSR count). The number of carbonyl (C=O) groups is 1. The van der Waals surface area contributed by atoms with Crippen molar-refractivity contribution in [2.75, 3.05) is 11.9 Å². The summed E-state index contributed by atoms with van der Waals surface area (Å²) in [5, 5.41) is 12.4. The number of aromatic nitrogens is 1. The molecule has 1 aromatic rings. The van der Waals surface area contributed by atoms with Gasteiger partial charge in [-0.2, -0.15) is 0 Å². The van der Waals surface area contributed by atoms with Crippen LogP contribution in [0, 0.1) is 5.92 Å². The first-order valence-corrected chi connectivity index (χ1v) is 7.20. The van der Waals surface area contributed by atoms with Crippen LogP contribution in [0.1, 0.15) is 63.5 Å². The lowest BCUT2D eigenvalue weighted by atomic mass is 9.91. The fraction of sp³-hybridized carbons (Fsp3) is 0.625. The quantitative estimate of drug-likeness (QED) is 0.774. The van der Waals surface area contributed by atoms with Gasteiger partial charge in [0.15, 0.2) is 0 Å². The van der Waals surface area contributed by atoms with Gasteiger partial charge in [0, 0.05) is 17.7 Å². The molecule has 4 heteroatoms. The van der Waals surface area contributed by atoms with Gasteiger partial charge in [-0.3, -0.25) is 0 Å². The Bertz CT molecular complexity index is 462. The minimum absolute atomic E-state index is 0.167. The second kappa shape index (κ2) is 6.73. The van der Waals surface area contributed by atoms with Crippen molar-refractivity contribution in [1.82, 2.24) is 4.98 Å². The van der Waals surface area contributed by atoms with Gasteiger partial charge in [0.1, 0.15) is 5.82 Å². The normalized spacial score (nSPS) is 11.7. The van der Waals surface area contributed by atoms with E-state index in [-0.39, 0.29) is 11.0 Å². The van der Waals surface area contributed by atoms with Crippen molar-refractivity contribution in [3.05, 3.63) is 23.4 Å². The number of carboxylic acid groups (broad SMARTS) is 1. The molecule has 0 aliphatic carbocycles. The van der Waals surface area contributed by atoms with Crippen LogP contribution in [-0.4, -0.2) is 22.6 Å². The van der Waals surface area contributed by atoms with Gasteiger partial charge < -0.3 is 10.4 Å². The molecule has 0 amide bonds. The molecule has 0 radical (unpaired) electrons. The summed E-state index contributed by atoms with van der Waals surface area (Å²) >= 11 is 0. The van der Waals surface area contributed by atoms with E-state index in [4.69, 9.17) is 0 Å². The standard InChI is InChI=1S/C16H26N2O2/c1-11(2)7-6-8-17-14-10-12(15(19)20)9-13(18-14)16(3,4)5/h9-11H,6-8H2,1-5H3,(H,17,18)(H,19,20). The summed E-state index contributed by atoms with van der Waals surface area (Å²) in [5.74, 6) is 0.418. The number of carboxylic acids is 1. The minimum Gasteiger partial charge on any atom is -0.478 e. The van der Waals surface area contributed by atoms with E-state index in [2.05, 4.69) is 24.1 Å². The molecule has 0 fully saturated rings. The monoisotopic (exact) mass is 278 g/mol. The largest absolute Gasteiger partial charge is 0.478 e. The number of pyridine rings is 1. The van der Waals surface area contributed by atoms with Crippen molar-refractivity contribution < 1.29 is 9.90 Å². The van der Waals surface area contributed by atoms with Crippen LogP contribution in [0.3, 0.4) is 0 Å². The summed E-state index contributed by atoms with van der Waals surface area (Å²) in [6.45, 7) is 11.3. The van der Waals surface area contributed by atoms with Crippen molar-refractivity contribution >= 4 is 11.8 Å². The minimum atomic E-state index is -0.914. The smallest absolute Gasteiger partial charge is 0.335 e. The summed E-state index contributed by atoms with van der Waals surface area (Å²) in [6.07, 6.45) is 2.21. The molecule has 2 N–H and O–H groups in total. The van der Waals surface area contributed by atoms with Crippen LogP contribution in [0.4, 0.5) is 5.82 Å². The fourth-order valence-corrected chi connectivity index (χ4v) is 1.86. The molecule has 1 aromatic heterocycles. The number of nitrogens with zero attached hydrogens (tertiary/aromatic N) is 1. The number of hydrogen-bond acceptors (Lipinski definition) is 3. The Balaban J connectivity index is 2.84. The van der Waals surface area contributed by atoms with Crippen molar-refractivity contribution in [2.24, 2.45) is 5.92 Å². The van der Waals surface area contributed by atoms with Crippen LogP contribution in [0.25, 0.3) is 0 Å². The Morgan fingerprint density at radius 1 is 1.35 bits per heavy atom. The van der Waals surface area contributed by atoms with Gasteiger partial charge in [-0.15, -0.1) is 0 Å². The summed E-state index contributed by atoms with van der Waals surface area (Å²) in [5.41, 5.74) is 0.917. The highest BCUT2D eigenvalue weighted by Gasteiger charge is 2.19. The van der Waals surface area contributed by atoms with Crippen molar-refractivity contribution in [1.29, 1.82) is 0 Å². The van der Waals surface area contributed by atoms with Crippen molar-refractivity contribution in [3.63, 3.8) is 0 Å². The van der Waals surface area contributed by atoms with Crippen LogP contribution < -0.4 is 5.32 Å². The van der Waals surface area contributed by atoms with Gasteiger partial charge >= 0.3 is 5.97 Å². The number of rotatable bonds is 6. The Kier molecular flexibility index (Phi) is 5.54. The van der Waals surface area contributed by atoms with Crippen molar-refractivity contribution in [3.8, 4) is 0 Å². The maximum Gasteiger partial charge on any atom is 0.335 e. The molecule has 112 valence electrons. The van der Waals surface area contributed by atoms with Gasteiger partial charge in [-0.05, 0) is 30.9 Å². The zero-order valence-corrected chi connectivity index (χ0v) is 13.2. The number of aromatic carboxylic acids is 1. The highest BCUT2D eigenvalue weighted by molar-refractivity contribution is 5.88. The molecular formula is C16H26N2O2. The first kappa shape index (κ1) is 16.5. The first-order valence-electron chi connectivity index (χ1n) is 7.20. The molecule has 20 heavy (non-hydrogen) atoms. The van der Waals surface area contributed by atoms with E-state index in [0.717, 1.165) is 25.1 Å². The van der Waals surface area contributed by atoms with E-state index in [1.807, 2.05) is 20.8 Å². The molecule has 4 nitrogen and oxygen atoms in total. The van der Waals surface area contributed by atoms with E-state index >= 15 is 0 Å². The molecule has 0 saturated carbocycles. The molecule has 0 atom stereocenters. The lowest BCUT2D eigenvalue weighted by Gasteiger charge is -2.19. The van der Waals surface area contributed by atoms with Crippen LogP contribution in [0.2, 0.25) is 0 Å². The third-order valence-electron chi connectivity index (χ3n) is 3.11. The van der Waals surface area contributed by atoms with Gasteiger partial charge in [0.05, 0.1) is 5.56 Å². The summed E-state index contributed by atoms with van der Waals surface area (Å²) in [7, 11) is 0. The number of hydrogen-bond donors (Lipinski definition) is 2. The molecular weight excluding hydrogens is 252 g/mol. The van der Waals surface area contributed by atoms with Crippen molar-refractivity contribution in [2.45, 2.75) is 52.9 Å². The topological polar surface area (TPSA) is 62.2 Å². The first-order chi connectivity index (χ1) is 9.20. The maximum atomic E-state index is 11.2. The van der Waals surface area contributed by atoms with Crippen LogP contribution in [0.15, 0.2) is 12.1 Å². The highest BCUT2D eigenvalue weighted by Crippen LogP contribution is 2.23. The van der Waals surface area contributed by atoms with Gasteiger partial charge in [-0.25, -0.2) is 9.78 Å². The molecule has 0 aromatic carbocycles. The van der Waals surface area contributed by atoms with E-state index in [0.29, 0.717) is 11.7 Å². The highest BCUT2D eigenvalue weighted by atomic mass is 16.4. The second-order valence-electron chi connectivity index (χ2n) is 6.64. The third kappa shape index (κ3) is 5.19. The molecule has 0 aliphatic rings. The van der Waals surface area contributed by atoms with E-state index in [1.54, 1.807) is 12.1 Å². The SMILES string of the molecule is CC(C)CCCNc1cc(C(=O)O)cc(C(C)(C)C)n1. The predicted octanol–water partition coefficient (Wildman–Crippen LogP) is 3.93. The summed E-state index contributed by atoms with van der Waals surface area (Å²) < 4.78 is 0. The second-order valence-corrected chi connectivity index (χ2v) is 6.64. The fourth-order valence-electron chi connectivity index (χ4n) is 1.86. The zero-order chi connectivity index (χ0) is 15.3. The van der Waals surface area contributed by atoms with Gasteiger partial charge in [0.25, 0.3) is 0 Å². The van der Waals surface area contributed by atoms with Crippen LogP contribution in [0.5, 0.6) is 0 Å². The van der Waals surface area contributed by atoms with E-state index < -0.39 is 5.97 Å². The maximum absolute atomic E-state index is 11.2. The lowest BCUT2D eigenvalue weighted by molar-refractivity contribution is 0.0696. The molecule has 0 saturated heterocycles. The number of anilines is 1. The Morgan fingerprint density at radius 3 is 2.50 bits per heavy atom. The number of nitrogens with one attached hydrogen (secondary N) is 1. The van der Waals surface area contributed by atoms with Gasteiger partial charge in [-0.1, -0.05) is 34.6 Å². The Labute approximate surface area is 121 Å². The Morgan fingerprint density at radius 2 is 2.00 bits per heavy atom. The summed E-state index contributed by atoms with van der Waals surface area (Å²) in [4.78, 5) is 15.7. The van der Waals surface area contributed by atoms with Gasteiger partial charge in [0.2, 0.25) is 0 Å². The molecule has 1 heterocycles. The average molecular weight is 278 g/mol. The molecule has 0 bridgehead atoms. The lowest BCUT2D eigenvalue weighted by Crippen LogP contribution is -2.17. The predicted molar refractivity (Wildman–Crippen MR) is 82.5 cm³/mol. The third-order valence-corrected chi connectivity index (χ3v) is 3.11. The van der Waals surface area contributed by atoms with E-state index in [9.17, 15) is 9.90 Å².